The van der Waals surface area contributed by atoms with Gasteiger partial charge in [-0.1, -0.05) is 23.3 Å². The van der Waals surface area contributed by atoms with Gasteiger partial charge in [0, 0.05) is 0 Å². The van der Waals surface area contributed by atoms with Crippen molar-refractivity contribution in [2.24, 2.45) is 0 Å². The lowest BCUT2D eigenvalue weighted by Crippen LogP contribution is -1.88. The molecule has 0 N–H and O–H groups in total. The first-order valence-electron chi connectivity index (χ1n) is 5.03. The second-order valence-electron chi connectivity index (χ2n) is 3.71. The summed E-state index contributed by atoms with van der Waals surface area (Å²) >= 11 is 0. The number of carbonyl (C=O) groups excluding carboxylic acids is 1. The Balaban J connectivity index is 4.01. The van der Waals surface area contributed by atoms with Gasteiger partial charge in [-0.05, 0) is 52.7 Å². The Kier molecular flexibility index (Phi) is 6.73. The summed E-state index contributed by atoms with van der Waals surface area (Å²) in [4.78, 5) is 11.2. The van der Waals surface area contributed by atoms with E-state index in [1.165, 1.54) is 5.57 Å². The summed E-state index contributed by atoms with van der Waals surface area (Å²) < 4.78 is 0. The highest BCUT2D eigenvalue weighted by Gasteiger charge is 1.93. The van der Waals surface area contributed by atoms with Crippen molar-refractivity contribution in [3.05, 3.63) is 35.5 Å². The van der Waals surface area contributed by atoms with Crippen molar-refractivity contribution in [2.75, 3.05) is 0 Å². The van der Waals surface area contributed by atoms with Gasteiger partial charge in [0.05, 0.1) is 0 Å². The van der Waals surface area contributed by atoms with E-state index in [-0.39, 0.29) is 5.78 Å². The predicted molar refractivity (Wildman–Crippen MR) is 62.2 cm³/mol. The van der Waals surface area contributed by atoms with Crippen LogP contribution >= 0.6 is 0 Å². The lowest BCUT2D eigenvalue weighted by molar-refractivity contribution is -0.110. The van der Waals surface area contributed by atoms with Crippen molar-refractivity contribution in [1.29, 1.82) is 0 Å². The zero-order valence-electron chi connectivity index (χ0n) is 9.63. The molecule has 0 rings (SSSR count). The van der Waals surface area contributed by atoms with E-state index in [0.717, 1.165) is 18.4 Å². The molecule has 0 saturated heterocycles. The Labute approximate surface area is 87.2 Å². The topological polar surface area (TPSA) is 17.1 Å². The standard InChI is InChI=1S/C13H20O/c1-5-7-13(14)10-12(4)9-6-8-11(2)3/h5,7-8,10H,6,9H2,1-4H3/b7-5+,12-10-. The summed E-state index contributed by atoms with van der Waals surface area (Å²) in [6.45, 7) is 8.03. The molecule has 0 atom stereocenters. The van der Waals surface area contributed by atoms with Crippen molar-refractivity contribution < 1.29 is 4.79 Å². The fourth-order valence-corrected chi connectivity index (χ4v) is 1.12. The number of hydrogen-bond acceptors (Lipinski definition) is 1. The van der Waals surface area contributed by atoms with Crippen LogP contribution in [0.2, 0.25) is 0 Å². The van der Waals surface area contributed by atoms with Crippen molar-refractivity contribution >= 4 is 5.78 Å². The smallest absolute Gasteiger partial charge is 0.178 e. The molecule has 0 spiro atoms. The Hall–Kier alpha value is -1.11. The van der Waals surface area contributed by atoms with Crippen LogP contribution in [0.5, 0.6) is 0 Å². The zero-order valence-corrected chi connectivity index (χ0v) is 9.63. The third-order valence-electron chi connectivity index (χ3n) is 1.81. The van der Waals surface area contributed by atoms with Gasteiger partial charge in [0.25, 0.3) is 0 Å². The molecule has 0 radical (unpaired) electrons. The molecular weight excluding hydrogens is 172 g/mol. The van der Waals surface area contributed by atoms with E-state index in [2.05, 4.69) is 19.9 Å². The summed E-state index contributed by atoms with van der Waals surface area (Å²) in [5, 5.41) is 0. The Morgan fingerprint density at radius 2 is 1.86 bits per heavy atom. The first kappa shape index (κ1) is 12.9. The van der Waals surface area contributed by atoms with Crippen LogP contribution in [0, 0.1) is 0 Å². The minimum Gasteiger partial charge on any atom is -0.290 e. The van der Waals surface area contributed by atoms with E-state index in [1.54, 1.807) is 18.2 Å². The predicted octanol–water partition coefficient (Wildman–Crippen LogP) is 3.82. The minimum atomic E-state index is 0.0854. The number of hydrogen-bond donors (Lipinski definition) is 0. The van der Waals surface area contributed by atoms with Crippen LogP contribution in [-0.2, 0) is 4.79 Å². The van der Waals surface area contributed by atoms with E-state index >= 15 is 0 Å². The van der Waals surface area contributed by atoms with Gasteiger partial charge in [0.1, 0.15) is 0 Å². The van der Waals surface area contributed by atoms with Crippen molar-refractivity contribution in [2.45, 2.75) is 40.5 Å². The van der Waals surface area contributed by atoms with Crippen LogP contribution in [0.15, 0.2) is 35.5 Å². The number of carbonyl (C=O) groups is 1. The Morgan fingerprint density at radius 3 is 2.36 bits per heavy atom. The van der Waals surface area contributed by atoms with Gasteiger partial charge in [0.15, 0.2) is 5.78 Å². The quantitative estimate of drug-likeness (QED) is 0.478. The Bertz CT molecular complexity index is 263. The molecular formula is C13H20O. The van der Waals surface area contributed by atoms with Gasteiger partial charge < -0.3 is 0 Å². The molecule has 0 aromatic carbocycles. The minimum absolute atomic E-state index is 0.0854. The molecule has 0 amide bonds. The van der Waals surface area contributed by atoms with E-state index in [4.69, 9.17) is 0 Å². The molecule has 14 heavy (non-hydrogen) atoms. The van der Waals surface area contributed by atoms with Crippen molar-refractivity contribution in [1.82, 2.24) is 0 Å². The molecule has 0 saturated carbocycles. The molecule has 0 unspecified atom stereocenters. The molecule has 0 heterocycles. The molecule has 1 nitrogen and oxygen atoms in total. The summed E-state index contributed by atoms with van der Waals surface area (Å²) in [7, 11) is 0. The van der Waals surface area contributed by atoms with Crippen LogP contribution in [0.1, 0.15) is 40.5 Å². The molecule has 0 bridgehead atoms. The van der Waals surface area contributed by atoms with Gasteiger partial charge in [-0.3, -0.25) is 4.79 Å². The lowest BCUT2D eigenvalue weighted by atomic mass is 10.1. The highest BCUT2D eigenvalue weighted by Crippen LogP contribution is 2.06. The van der Waals surface area contributed by atoms with Gasteiger partial charge in [-0.15, -0.1) is 0 Å². The Morgan fingerprint density at radius 1 is 1.21 bits per heavy atom. The van der Waals surface area contributed by atoms with Crippen LogP contribution < -0.4 is 0 Å². The second-order valence-corrected chi connectivity index (χ2v) is 3.71. The van der Waals surface area contributed by atoms with E-state index in [0.29, 0.717) is 0 Å². The summed E-state index contributed by atoms with van der Waals surface area (Å²) in [5.41, 5.74) is 2.48. The molecule has 0 aliphatic carbocycles. The lowest BCUT2D eigenvalue weighted by Gasteiger charge is -1.96. The maximum absolute atomic E-state index is 11.2. The number of ketones is 1. The first-order valence-corrected chi connectivity index (χ1v) is 5.03. The SMILES string of the molecule is C/C=C/C(=O)/C=C(/C)CCC=C(C)C. The first-order chi connectivity index (χ1) is 6.56. The fourth-order valence-electron chi connectivity index (χ4n) is 1.12. The van der Waals surface area contributed by atoms with Gasteiger partial charge in [-0.2, -0.15) is 0 Å². The molecule has 78 valence electrons. The average Bonchev–Trinajstić information content (AvgIpc) is 2.03. The highest BCUT2D eigenvalue weighted by atomic mass is 16.1. The van der Waals surface area contributed by atoms with E-state index in [1.807, 2.05) is 13.8 Å². The summed E-state index contributed by atoms with van der Waals surface area (Å²) in [5.74, 6) is 0.0854. The third kappa shape index (κ3) is 7.53. The molecule has 0 aromatic rings. The van der Waals surface area contributed by atoms with Gasteiger partial charge in [-0.25, -0.2) is 0 Å². The molecule has 0 aliphatic rings. The highest BCUT2D eigenvalue weighted by molar-refractivity contribution is 5.99. The monoisotopic (exact) mass is 192 g/mol. The second kappa shape index (κ2) is 7.31. The van der Waals surface area contributed by atoms with Crippen LogP contribution in [0.4, 0.5) is 0 Å². The zero-order chi connectivity index (χ0) is 11.0. The molecule has 0 fully saturated rings. The van der Waals surface area contributed by atoms with Gasteiger partial charge in [0.2, 0.25) is 0 Å². The number of allylic oxidation sites excluding steroid dienone is 6. The van der Waals surface area contributed by atoms with Crippen molar-refractivity contribution in [3.63, 3.8) is 0 Å². The molecule has 1 heteroatoms. The van der Waals surface area contributed by atoms with Crippen LogP contribution in [0.3, 0.4) is 0 Å². The molecule has 0 aliphatic heterocycles. The number of rotatable bonds is 5. The van der Waals surface area contributed by atoms with E-state index < -0.39 is 0 Å². The summed E-state index contributed by atoms with van der Waals surface area (Å²) in [6, 6.07) is 0. The largest absolute Gasteiger partial charge is 0.290 e. The average molecular weight is 192 g/mol. The fraction of sp³-hybridized carbons (Fsp3) is 0.462. The maximum Gasteiger partial charge on any atom is 0.178 e. The normalized spacial score (nSPS) is 11.9. The van der Waals surface area contributed by atoms with E-state index in [9.17, 15) is 4.79 Å². The van der Waals surface area contributed by atoms with Crippen molar-refractivity contribution in [3.8, 4) is 0 Å². The van der Waals surface area contributed by atoms with Gasteiger partial charge >= 0.3 is 0 Å². The maximum atomic E-state index is 11.2. The third-order valence-corrected chi connectivity index (χ3v) is 1.81. The summed E-state index contributed by atoms with van der Waals surface area (Å²) in [6.07, 6.45) is 9.24. The molecule has 0 aromatic heterocycles. The van der Waals surface area contributed by atoms with Crippen LogP contribution in [-0.4, -0.2) is 5.78 Å². The van der Waals surface area contributed by atoms with Crippen LogP contribution in [0.25, 0.3) is 0 Å².